The highest BCUT2D eigenvalue weighted by molar-refractivity contribution is 6.39. The first-order valence-electron chi connectivity index (χ1n) is 6.95. The number of anilines is 1. The molecule has 0 aliphatic carbocycles. The minimum absolute atomic E-state index is 0.0443. The Bertz CT molecular complexity index is 533. The number of hydrogen-bond donors (Lipinski definition) is 3. The van der Waals surface area contributed by atoms with Crippen molar-refractivity contribution in [3.8, 4) is 0 Å². The van der Waals surface area contributed by atoms with Crippen molar-refractivity contribution >= 4 is 17.5 Å². The van der Waals surface area contributed by atoms with Gasteiger partial charge in [-0.05, 0) is 42.5 Å². The number of benzene rings is 1. The largest absolute Gasteiger partial charge is 0.391 e. The Kier molecular flexibility index (Phi) is 5.49. The lowest BCUT2D eigenvalue weighted by molar-refractivity contribution is -0.136. The molecule has 1 rings (SSSR count). The summed E-state index contributed by atoms with van der Waals surface area (Å²) in [5.41, 5.74) is 2.38. The molecule has 0 aliphatic heterocycles. The average molecular weight is 292 g/mol. The standard InChI is InChI=1S/C16H24N2O3/c1-10-6-7-12(8-11(10)2)18-15(21)14(20)17-9-13(19)16(3,4)5/h6-8,13,19H,9H2,1-5H3,(H,17,20)(H,18,21)/t13-/m1/s1. The second-order valence-electron chi connectivity index (χ2n) is 6.35. The molecule has 116 valence electrons. The summed E-state index contributed by atoms with van der Waals surface area (Å²) in [7, 11) is 0. The summed E-state index contributed by atoms with van der Waals surface area (Å²) < 4.78 is 0. The molecule has 0 radical (unpaired) electrons. The number of carbonyl (C=O) groups is 2. The van der Waals surface area contributed by atoms with Gasteiger partial charge in [-0.25, -0.2) is 0 Å². The van der Waals surface area contributed by atoms with Crippen molar-refractivity contribution in [2.24, 2.45) is 5.41 Å². The maximum atomic E-state index is 11.8. The van der Waals surface area contributed by atoms with Crippen LogP contribution in [0.25, 0.3) is 0 Å². The Balaban J connectivity index is 2.55. The third-order valence-electron chi connectivity index (χ3n) is 3.43. The minimum Gasteiger partial charge on any atom is -0.391 e. The van der Waals surface area contributed by atoms with E-state index in [9.17, 15) is 14.7 Å². The third-order valence-corrected chi connectivity index (χ3v) is 3.43. The van der Waals surface area contributed by atoms with Gasteiger partial charge in [0.2, 0.25) is 0 Å². The Labute approximate surface area is 125 Å². The smallest absolute Gasteiger partial charge is 0.313 e. The summed E-state index contributed by atoms with van der Waals surface area (Å²) in [5, 5.41) is 14.8. The number of aliphatic hydroxyl groups is 1. The van der Waals surface area contributed by atoms with E-state index in [-0.39, 0.29) is 12.0 Å². The lowest BCUT2D eigenvalue weighted by Gasteiger charge is -2.25. The Morgan fingerprint density at radius 3 is 2.29 bits per heavy atom. The zero-order valence-corrected chi connectivity index (χ0v) is 13.3. The molecule has 0 saturated heterocycles. The molecule has 5 nitrogen and oxygen atoms in total. The van der Waals surface area contributed by atoms with E-state index in [1.165, 1.54) is 0 Å². The van der Waals surface area contributed by atoms with Crippen molar-refractivity contribution in [1.82, 2.24) is 5.32 Å². The van der Waals surface area contributed by atoms with E-state index in [0.29, 0.717) is 5.69 Å². The van der Waals surface area contributed by atoms with Gasteiger partial charge in [0.05, 0.1) is 6.10 Å². The lowest BCUT2D eigenvalue weighted by Crippen LogP contribution is -2.43. The van der Waals surface area contributed by atoms with Crippen molar-refractivity contribution in [3.63, 3.8) is 0 Å². The maximum absolute atomic E-state index is 11.8. The van der Waals surface area contributed by atoms with Crippen molar-refractivity contribution in [3.05, 3.63) is 29.3 Å². The van der Waals surface area contributed by atoms with Crippen LogP contribution in [-0.2, 0) is 9.59 Å². The van der Waals surface area contributed by atoms with Crippen LogP contribution in [0.1, 0.15) is 31.9 Å². The highest BCUT2D eigenvalue weighted by Crippen LogP contribution is 2.18. The molecule has 0 aromatic heterocycles. The van der Waals surface area contributed by atoms with E-state index in [0.717, 1.165) is 11.1 Å². The van der Waals surface area contributed by atoms with Crippen LogP contribution in [-0.4, -0.2) is 29.6 Å². The number of carbonyl (C=O) groups excluding carboxylic acids is 2. The number of hydrogen-bond acceptors (Lipinski definition) is 3. The van der Waals surface area contributed by atoms with Gasteiger partial charge >= 0.3 is 11.8 Å². The fourth-order valence-electron chi connectivity index (χ4n) is 1.58. The topological polar surface area (TPSA) is 78.4 Å². The first kappa shape index (κ1) is 17.2. The molecule has 21 heavy (non-hydrogen) atoms. The van der Waals surface area contributed by atoms with Crippen LogP contribution in [0, 0.1) is 19.3 Å². The lowest BCUT2D eigenvalue weighted by atomic mass is 9.89. The van der Waals surface area contributed by atoms with Crippen molar-refractivity contribution in [2.75, 3.05) is 11.9 Å². The molecule has 0 bridgehead atoms. The van der Waals surface area contributed by atoms with Gasteiger partial charge in [-0.15, -0.1) is 0 Å². The highest BCUT2D eigenvalue weighted by Gasteiger charge is 2.23. The summed E-state index contributed by atoms with van der Waals surface area (Å²) in [6.07, 6.45) is -0.712. The number of aryl methyl sites for hydroxylation is 2. The van der Waals surface area contributed by atoms with Gasteiger partial charge in [-0.1, -0.05) is 26.8 Å². The van der Waals surface area contributed by atoms with Crippen molar-refractivity contribution < 1.29 is 14.7 Å². The van der Waals surface area contributed by atoms with Crippen LogP contribution in [0.4, 0.5) is 5.69 Å². The molecule has 5 heteroatoms. The van der Waals surface area contributed by atoms with E-state index < -0.39 is 17.9 Å². The van der Waals surface area contributed by atoms with Gasteiger partial charge in [0.25, 0.3) is 0 Å². The fourth-order valence-corrected chi connectivity index (χ4v) is 1.58. The van der Waals surface area contributed by atoms with Gasteiger partial charge in [0, 0.05) is 12.2 Å². The Hall–Kier alpha value is -1.88. The first-order chi connectivity index (χ1) is 9.61. The van der Waals surface area contributed by atoms with Gasteiger partial charge < -0.3 is 15.7 Å². The second kappa shape index (κ2) is 6.72. The zero-order chi connectivity index (χ0) is 16.2. The molecular weight excluding hydrogens is 268 g/mol. The fraction of sp³-hybridized carbons (Fsp3) is 0.500. The third kappa shape index (κ3) is 5.19. The van der Waals surface area contributed by atoms with Crippen LogP contribution < -0.4 is 10.6 Å². The van der Waals surface area contributed by atoms with Gasteiger partial charge in [-0.2, -0.15) is 0 Å². The molecule has 0 heterocycles. The normalized spacial score (nSPS) is 12.7. The molecule has 0 spiro atoms. The van der Waals surface area contributed by atoms with Crippen LogP contribution in [0.3, 0.4) is 0 Å². The van der Waals surface area contributed by atoms with E-state index in [2.05, 4.69) is 10.6 Å². The number of aliphatic hydroxyl groups excluding tert-OH is 1. The Morgan fingerprint density at radius 2 is 1.76 bits per heavy atom. The predicted molar refractivity (Wildman–Crippen MR) is 83.0 cm³/mol. The molecule has 0 unspecified atom stereocenters. The summed E-state index contributed by atoms with van der Waals surface area (Å²) in [5.74, 6) is -1.49. The monoisotopic (exact) mass is 292 g/mol. The quantitative estimate of drug-likeness (QED) is 0.743. The minimum atomic E-state index is -0.753. The predicted octanol–water partition coefficient (Wildman–Crippen LogP) is 1.77. The average Bonchev–Trinajstić information content (AvgIpc) is 2.38. The summed E-state index contributed by atoms with van der Waals surface area (Å²) in [6.45, 7) is 9.53. The van der Waals surface area contributed by atoms with Crippen LogP contribution in [0.15, 0.2) is 18.2 Å². The molecule has 0 aliphatic rings. The molecular formula is C16H24N2O3. The van der Waals surface area contributed by atoms with E-state index in [1.54, 1.807) is 6.07 Å². The number of nitrogens with one attached hydrogen (secondary N) is 2. The number of amides is 2. The molecule has 3 N–H and O–H groups in total. The first-order valence-corrected chi connectivity index (χ1v) is 6.95. The van der Waals surface area contributed by atoms with E-state index in [1.807, 2.05) is 46.8 Å². The van der Waals surface area contributed by atoms with Crippen molar-refractivity contribution in [2.45, 2.75) is 40.7 Å². The molecule has 0 fully saturated rings. The summed E-state index contributed by atoms with van der Waals surface area (Å²) in [4.78, 5) is 23.5. The van der Waals surface area contributed by atoms with Crippen LogP contribution in [0.2, 0.25) is 0 Å². The summed E-state index contributed by atoms with van der Waals surface area (Å²) in [6, 6.07) is 5.44. The van der Waals surface area contributed by atoms with Crippen LogP contribution in [0.5, 0.6) is 0 Å². The highest BCUT2D eigenvalue weighted by atomic mass is 16.3. The molecule has 1 atom stereocenters. The number of rotatable bonds is 3. The van der Waals surface area contributed by atoms with E-state index in [4.69, 9.17) is 0 Å². The molecule has 0 saturated carbocycles. The summed E-state index contributed by atoms with van der Waals surface area (Å²) >= 11 is 0. The molecule has 2 amide bonds. The molecule has 1 aromatic rings. The zero-order valence-electron chi connectivity index (χ0n) is 13.3. The van der Waals surface area contributed by atoms with Gasteiger partial charge in [-0.3, -0.25) is 9.59 Å². The van der Waals surface area contributed by atoms with Crippen molar-refractivity contribution in [1.29, 1.82) is 0 Å². The van der Waals surface area contributed by atoms with Gasteiger partial charge in [0.1, 0.15) is 0 Å². The molecule has 1 aromatic carbocycles. The maximum Gasteiger partial charge on any atom is 0.313 e. The second-order valence-corrected chi connectivity index (χ2v) is 6.35. The SMILES string of the molecule is Cc1ccc(NC(=O)C(=O)NC[C@@H](O)C(C)(C)C)cc1C. The Morgan fingerprint density at radius 1 is 1.14 bits per heavy atom. The van der Waals surface area contributed by atoms with E-state index >= 15 is 0 Å². The van der Waals surface area contributed by atoms with Gasteiger partial charge in [0.15, 0.2) is 0 Å². The van der Waals surface area contributed by atoms with Crippen LogP contribution >= 0.6 is 0 Å².